The van der Waals surface area contributed by atoms with Gasteiger partial charge in [0.2, 0.25) is 0 Å². The second kappa shape index (κ2) is 12.2. The van der Waals surface area contributed by atoms with Gasteiger partial charge in [-0.1, -0.05) is 31.2 Å². The van der Waals surface area contributed by atoms with Crippen LogP contribution >= 0.6 is 0 Å². The third kappa shape index (κ3) is 6.84. The molecular formula is C28H31F2N5O. The Morgan fingerprint density at radius 3 is 2.61 bits per heavy atom. The largest absolute Gasteiger partial charge is 0.362 e. The fraction of sp³-hybridized carbons (Fsp3) is 0.286. The van der Waals surface area contributed by atoms with E-state index in [9.17, 15) is 13.6 Å². The van der Waals surface area contributed by atoms with Crippen molar-refractivity contribution in [2.75, 3.05) is 5.32 Å². The van der Waals surface area contributed by atoms with E-state index in [4.69, 9.17) is 5.73 Å². The fourth-order valence-electron chi connectivity index (χ4n) is 3.56. The van der Waals surface area contributed by atoms with Crippen LogP contribution in [0.25, 0.3) is 16.9 Å². The molecule has 2 aromatic heterocycles. The molecule has 0 saturated heterocycles. The van der Waals surface area contributed by atoms with E-state index in [0.29, 0.717) is 40.3 Å². The molecule has 36 heavy (non-hydrogen) atoms. The molecular weight excluding hydrogens is 460 g/mol. The Morgan fingerprint density at radius 1 is 1.17 bits per heavy atom. The van der Waals surface area contributed by atoms with Crippen molar-refractivity contribution >= 4 is 17.4 Å². The number of fused-ring (bicyclic) bond motifs is 1. The Hall–Kier alpha value is -3.87. The minimum Gasteiger partial charge on any atom is -0.362 e. The summed E-state index contributed by atoms with van der Waals surface area (Å²) in [4.78, 5) is 14.3. The van der Waals surface area contributed by atoms with E-state index in [0.717, 1.165) is 12.0 Å². The molecule has 0 aliphatic rings. The predicted molar refractivity (Wildman–Crippen MR) is 139 cm³/mol. The lowest BCUT2D eigenvalue weighted by atomic mass is 10.1. The van der Waals surface area contributed by atoms with Gasteiger partial charge in [-0.05, 0) is 75.1 Å². The molecule has 188 valence electrons. The number of hydrogen-bond acceptors (Lipinski definition) is 5. The van der Waals surface area contributed by atoms with Gasteiger partial charge in [-0.3, -0.25) is 0 Å². The van der Waals surface area contributed by atoms with Gasteiger partial charge < -0.3 is 11.1 Å². The summed E-state index contributed by atoms with van der Waals surface area (Å²) < 4.78 is 29.1. The van der Waals surface area contributed by atoms with E-state index in [1.54, 1.807) is 36.7 Å². The van der Waals surface area contributed by atoms with E-state index >= 15 is 0 Å². The molecule has 8 heteroatoms. The number of nitrogens with zero attached hydrogens (tertiary/aromatic N) is 3. The van der Waals surface area contributed by atoms with Crippen molar-refractivity contribution in [3.8, 4) is 11.3 Å². The first kappa shape index (κ1) is 26.7. The van der Waals surface area contributed by atoms with Crippen molar-refractivity contribution in [2.24, 2.45) is 5.73 Å². The van der Waals surface area contributed by atoms with Crippen LogP contribution in [-0.2, 0) is 4.79 Å². The zero-order valence-electron chi connectivity index (χ0n) is 20.9. The highest BCUT2D eigenvalue weighted by molar-refractivity contribution is 5.64. The van der Waals surface area contributed by atoms with Crippen molar-refractivity contribution in [3.63, 3.8) is 0 Å². The fourth-order valence-corrected chi connectivity index (χ4v) is 3.56. The average molecular weight is 492 g/mol. The molecule has 4 aromatic rings. The van der Waals surface area contributed by atoms with E-state index in [-0.39, 0.29) is 23.7 Å². The zero-order chi connectivity index (χ0) is 26.2. The topological polar surface area (TPSA) is 85.3 Å². The maximum Gasteiger partial charge on any atom is 0.154 e. The Balaban J connectivity index is 0.000000345. The van der Waals surface area contributed by atoms with E-state index in [1.165, 1.54) is 18.2 Å². The van der Waals surface area contributed by atoms with Gasteiger partial charge in [-0.15, -0.1) is 5.10 Å². The minimum absolute atomic E-state index is 0.130. The number of benzene rings is 2. The molecule has 1 unspecified atom stereocenters. The second-order valence-electron chi connectivity index (χ2n) is 8.77. The molecule has 6 nitrogen and oxygen atoms in total. The molecule has 0 fully saturated rings. The van der Waals surface area contributed by atoms with E-state index < -0.39 is 0 Å². The normalized spacial score (nSPS) is 12.3. The summed E-state index contributed by atoms with van der Waals surface area (Å²) in [6.45, 7) is 7.41. The van der Waals surface area contributed by atoms with Crippen molar-refractivity contribution in [1.29, 1.82) is 0 Å². The molecule has 4 rings (SSSR count). The van der Waals surface area contributed by atoms with Gasteiger partial charge in [-0.2, -0.15) is 0 Å². The van der Waals surface area contributed by atoms with Crippen LogP contribution in [0.5, 0.6) is 0 Å². The molecule has 0 aliphatic carbocycles. The van der Waals surface area contributed by atoms with E-state index in [1.807, 2.05) is 44.1 Å². The first-order chi connectivity index (χ1) is 17.2. The standard InChI is InChI=1S/C21H18F2N4.C7H13NO/c1-13-6-7-16(11-18(13)23)19-12-24-21-9-8-20(26-27(19)21)25-14(2)15-4-3-5-17(22)10-15;1-3-7(8)4-6(2)5-9/h3-12,14H,1-2H3,(H,25,26);7H,3-4,8H2,1-2H3/t;7-/m.1/s1. The number of nitrogens with two attached hydrogens (primary N) is 1. The van der Waals surface area contributed by atoms with Gasteiger partial charge in [0.05, 0.1) is 17.9 Å². The first-order valence-corrected chi connectivity index (χ1v) is 11.8. The SMILES string of the molecule is CC[C@@H](N)CC(C)=C=O.Cc1ccc(-c2cnc3ccc(NC(C)c4cccc(F)c4)nn23)cc1F. The number of nitrogens with one attached hydrogen (secondary N) is 1. The van der Waals surface area contributed by atoms with Gasteiger partial charge in [-0.25, -0.2) is 23.1 Å². The number of carbonyl (C=O) groups excluding carboxylic acids is 1. The number of aromatic nitrogens is 3. The predicted octanol–water partition coefficient (Wildman–Crippen LogP) is 6.05. The Morgan fingerprint density at radius 2 is 1.94 bits per heavy atom. The molecule has 2 heterocycles. The highest BCUT2D eigenvalue weighted by Gasteiger charge is 2.12. The summed E-state index contributed by atoms with van der Waals surface area (Å²) in [5.74, 6) is 1.89. The van der Waals surface area contributed by atoms with Crippen molar-refractivity contribution in [3.05, 3.63) is 89.1 Å². The summed E-state index contributed by atoms with van der Waals surface area (Å²) >= 11 is 0. The minimum atomic E-state index is -0.275. The van der Waals surface area contributed by atoms with Crippen molar-refractivity contribution in [2.45, 2.75) is 52.6 Å². The number of rotatable bonds is 7. The highest BCUT2D eigenvalue weighted by atomic mass is 19.1. The van der Waals surface area contributed by atoms with Crippen LogP contribution in [0.3, 0.4) is 0 Å². The van der Waals surface area contributed by atoms with Crippen LogP contribution in [0.1, 0.15) is 50.8 Å². The summed E-state index contributed by atoms with van der Waals surface area (Å²) in [7, 11) is 0. The summed E-state index contributed by atoms with van der Waals surface area (Å²) in [5, 5.41) is 7.84. The monoisotopic (exact) mass is 491 g/mol. The lowest BCUT2D eigenvalue weighted by molar-refractivity contribution is 0.562. The van der Waals surface area contributed by atoms with Crippen LogP contribution < -0.4 is 11.1 Å². The van der Waals surface area contributed by atoms with Crippen LogP contribution in [0, 0.1) is 18.6 Å². The smallest absolute Gasteiger partial charge is 0.154 e. The van der Waals surface area contributed by atoms with Crippen LogP contribution in [0.2, 0.25) is 0 Å². The number of imidazole rings is 1. The summed E-state index contributed by atoms with van der Waals surface area (Å²) in [6, 6.07) is 15.2. The lowest BCUT2D eigenvalue weighted by Gasteiger charge is -2.15. The maximum atomic E-state index is 13.9. The average Bonchev–Trinajstić information content (AvgIpc) is 3.29. The Bertz CT molecular complexity index is 1380. The van der Waals surface area contributed by atoms with Gasteiger partial charge in [0.1, 0.15) is 23.4 Å². The molecule has 3 N–H and O–H groups in total. The summed E-state index contributed by atoms with van der Waals surface area (Å²) in [5.41, 5.74) is 9.74. The molecule has 0 aliphatic heterocycles. The highest BCUT2D eigenvalue weighted by Crippen LogP contribution is 2.24. The van der Waals surface area contributed by atoms with Gasteiger partial charge in [0, 0.05) is 17.2 Å². The lowest BCUT2D eigenvalue weighted by Crippen LogP contribution is -2.18. The number of aryl methyl sites for hydroxylation is 1. The van der Waals surface area contributed by atoms with Gasteiger partial charge in [0.15, 0.2) is 5.65 Å². The second-order valence-corrected chi connectivity index (χ2v) is 8.77. The maximum absolute atomic E-state index is 13.9. The number of halogens is 2. The first-order valence-electron chi connectivity index (χ1n) is 11.8. The van der Waals surface area contributed by atoms with Crippen molar-refractivity contribution in [1.82, 2.24) is 14.6 Å². The summed E-state index contributed by atoms with van der Waals surface area (Å²) in [6.07, 6.45) is 3.27. The third-order valence-corrected chi connectivity index (χ3v) is 5.81. The van der Waals surface area contributed by atoms with Gasteiger partial charge >= 0.3 is 0 Å². The number of anilines is 1. The third-order valence-electron chi connectivity index (χ3n) is 5.81. The molecule has 2 atom stereocenters. The molecule has 0 saturated carbocycles. The quantitative estimate of drug-likeness (QED) is 0.308. The molecule has 0 amide bonds. The molecule has 0 radical (unpaired) electrons. The van der Waals surface area contributed by atoms with E-state index in [2.05, 4.69) is 15.4 Å². The van der Waals surface area contributed by atoms with Gasteiger partial charge in [0.25, 0.3) is 0 Å². The van der Waals surface area contributed by atoms with Crippen LogP contribution in [0.4, 0.5) is 14.6 Å². The zero-order valence-corrected chi connectivity index (χ0v) is 20.9. The molecule has 0 bridgehead atoms. The van der Waals surface area contributed by atoms with Crippen LogP contribution in [0.15, 0.2) is 66.4 Å². The molecule has 2 aromatic carbocycles. The molecule has 0 spiro atoms. The number of hydrogen-bond donors (Lipinski definition) is 2. The Labute approximate surface area is 209 Å². The van der Waals surface area contributed by atoms with Crippen molar-refractivity contribution < 1.29 is 13.6 Å². The Kier molecular flexibility index (Phi) is 9.06. The van der Waals surface area contributed by atoms with Crippen LogP contribution in [-0.4, -0.2) is 26.6 Å².